The minimum Gasteiger partial charge on any atom is -0.497 e. The molecule has 0 atom stereocenters. The van der Waals surface area contributed by atoms with Crippen molar-refractivity contribution < 1.29 is 9.47 Å². The average molecular weight is 243 g/mol. The predicted octanol–water partition coefficient (Wildman–Crippen LogP) is 2.17. The molecule has 0 saturated heterocycles. The lowest BCUT2D eigenvalue weighted by Gasteiger charge is -2.06. The van der Waals surface area contributed by atoms with Crippen molar-refractivity contribution >= 4 is 5.84 Å². The van der Waals surface area contributed by atoms with E-state index in [0.29, 0.717) is 22.9 Å². The van der Waals surface area contributed by atoms with E-state index in [1.807, 2.05) is 18.2 Å². The number of methoxy groups -OCH3 is 1. The van der Waals surface area contributed by atoms with Gasteiger partial charge in [0.05, 0.1) is 7.11 Å². The number of ether oxygens (including phenoxy) is 2. The smallest absolute Gasteiger partial charge is 0.219 e. The predicted molar refractivity (Wildman–Crippen MR) is 68.3 cm³/mol. The highest BCUT2D eigenvalue weighted by molar-refractivity contribution is 5.94. The molecular weight excluding hydrogens is 230 g/mol. The second kappa shape index (κ2) is 5.18. The van der Waals surface area contributed by atoms with E-state index >= 15 is 0 Å². The van der Waals surface area contributed by atoms with Crippen molar-refractivity contribution in [2.45, 2.75) is 0 Å². The third-order valence-electron chi connectivity index (χ3n) is 2.31. The van der Waals surface area contributed by atoms with Crippen LogP contribution in [0, 0.1) is 5.41 Å². The zero-order chi connectivity index (χ0) is 13.0. The van der Waals surface area contributed by atoms with Crippen molar-refractivity contribution in [2.75, 3.05) is 7.11 Å². The maximum absolute atomic E-state index is 7.26. The van der Waals surface area contributed by atoms with Crippen molar-refractivity contribution in [3.05, 3.63) is 48.2 Å². The molecule has 0 bridgehead atoms. The molecule has 0 aliphatic heterocycles. The van der Waals surface area contributed by atoms with Crippen molar-refractivity contribution in [1.82, 2.24) is 4.98 Å². The van der Waals surface area contributed by atoms with E-state index in [2.05, 4.69) is 4.98 Å². The summed E-state index contributed by atoms with van der Waals surface area (Å²) in [5.41, 5.74) is 5.90. The summed E-state index contributed by atoms with van der Waals surface area (Å²) in [6.45, 7) is 0. The topological polar surface area (TPSA) is 81.2 Å². The van der Waals surface area contributed by atoms with Gasteiger partial charge in [0.1, 0.15) is 17.3 Å². The van der Waals surface area contributed by atoms with Gasteiger partial charge in [0.25, 0.3) is 0 Å². The van der Waals surface area contributed by atoms with Gasteiger partial charge < -0.3 is 15.2 Å². The number of pyridine rings is 1. The molecule has 0 aliphatic rings. The SMILES string of the molecule is COc1cccc(Oc2ccc(C(=N)N)cn2)c1. The van der Waals surface area contributed by atoms with Crippen molar-refractivity contribution in [2.24, 2.45) is 5.73 Å². The monoisotopic (exact) mass is 243 g/mol. The number of hydrogen-bond acceptors (Lipinski definition) is 4. The lowest BCUT2D eigenvalue weighted by molar-refractivity contribution is 0.407. The number of nitrogens with zero attached hydrogens (tertiary/aromatic N) is 1. The molecular formula is C13H13N3O2. The Morgan fingerprint density at radius 1 is 1.22 bits per heavy atom. The molecule has 0 amide bonds. The number of rotatable bonds is 4. The Bertz CT molecular complexity index is 552. The van der Waals surface area contributed by atoms with E-state index in [1.165, 1.54) is 6.20 Å². The second-order valence-corrected chi connectivity index (χ2v) is 3.58. The van der Waals surface area contributed by atoms with Gasteiger partial charge >= 0.3 is 0 Å². The summed E-state index contributed by atoms with van der Waals surface area (Å²) >= 11 is 0. The van der Waals surface area contributed by atoms with Crippen LogP contribution in [-0.4, -0.2) is 17.9 Å². The Labute approximate surface area is 105 Å². The summed E-state index contributed by atoms with van der Waals surface area (Å²) < 4.78 is 10.7. The zero-order valence-electron chi connectivity index (χ0n) is 9.88. The zero-order valence-corrected chi connectivity index (χ0v) is 9.88. The van der Waals surface area contributed by atoms with E-state index in [1.54, 1.807) is 25.3 Å². The summed E-state index contributed by atoms with van der Waals surface area (Å²) in [5.74, 6) is 1.77. The largest absolute Gasteiger partial charge is 0.497 e. The van der Waals surface area contributed by atoms with Crippen LogP contribution in [0.15, 0.2) is 42.6 Å². The molecule has 1 aromatic carbocycles. The van der Waals surface area contributed by atoms with Crippen LogP contribution in [0.3, 0.4) is 0 Å². The summed E-state index contributed by atoms with van der Waals surface area (Å²) in [7, 11) is 1.60. The van der Waals surface area contributed by atoms with Gasteiger partial charge in [-0.25, -0.2) is 4.98 Å². The number of hydrogen-bond donors (Lipinski definition) is 2. The Morgan fingerprint density at radius 2 is 2.00 bits per heavy atom. The molecule has 5 heteroatoms. The number of nitrogens with two attached hydrogens (primary N) is 1. The van der Waals surface area contributed by atoms with E-state index in [0.717, 1.165) is 0 Å². The lowest BCUT2D eigenvalue weighted by Crippen LogP contribution is -2.11. The maximum Gasteiger partial charge on any atom is 0.219 e. The summed E-state index contributed by atoms with van der Waals surface area (Å²) in [6.07, 6.45) is 1.50. The number of amidine groups is 1. The van der Waals surface area contributed by atoms with Gasteiger partial charge in [-0.2, -0.15) is 0 Å². The number of benzene rings is 1. The van der Waals surface area contributed by atoms with Crippen LogP contribution in [0.2, 0.25) is 0 Å². The number of aromatic nitrogens is 1. The minimum absolute atomic E-state index is 0.0181. The molecule has 2 aromatic rings. The van der Waals surface area contributed by atoms with Crippen LogP contribution in [0.25, 0.3) is 0 Å². The highest BCUT2D eigenvalue weighted by Crippen LogP contribution is 2.23. The lowest BCUT2D eigenvalue weighted by atomic mass is 10.3. The molecule has 5 nitrogen and oxygen atoms in total. The van der Waals surface area contributed by atoms with Crippen molar-refractivity contribution in [1.29, 1.82) is 5.41 Å². The average Bonchev–Trinajstić information content (AvgIpc) is 2.39. The Balaban J connectivity index is 2.15. The fourth-order valence-electron chi connectivity index (χ4n) is 1.39. The number of nitrogens with one attached hydrogen (secondary N) is 1. The molecule has 18 heavy (non-hydrogen) atoms. The quantitative estimate of drug-likeness (QED) is 0.637. The van der Waals surface area contributed by atoms with E-state index in [-0.39, 0.29) is 5.84 Å². The van der Waals surface area contributed by atoms with Crippen molar-refractivity contribution in [3.8, 4) is 17.4 Å². The van der Waals surface area contributed by atoms with Crippen LogP contribution in [0.1, 0.15) is 5.56 Å². The van der Waals surface area contributed by atoms with Gasteiger partial charge in [-0.3, -0.25) is 5.41 Å². The van der Waals surface area contributed by atoms with E-state index in [9.17, 15) is 0 Å². The molecule has 1 aromatic heterocycles. The first-order chi connectivity index (χ1) is 8.69. The van der Waals surface area contributed by atoms with Crippen LogP contribution in [0.4, 0.5) is 0 Å². The van der Waals surface area contributed by atoms with Crippen molar-refractivity contribution in [3.63, 3.8) is 0 Å². The fourth-order valence-corrected chi connectivity index (χ4v) is 1.39. The third-order valence-corrected chi connectivity index (χ3v) is 2.31. The third kappa shape index (κ3) is 2.76. The molecule has 2 rings (SSSR count). The van der Waals surface area contributed by atoms with Gasteiger partial charge in [-0.15, -0.1) is 0 Å². The normalized spacial score (nSPS) is 9.83. The number of nitrogen functional groups attached to an aromatic ring is 1. The Hall–Kier alpha value is -2.56. The van der Waals surface area contributed by atoms with Gasteiger partial charge in [0.2, 0.25) is 5.88 Å². The molecule has 3 N–H and O–H groups in total. The summed E-state index contributed by atoms with van der Waals surface area (Å²) in [4.78, 5) is 4.07. The van der Waals surface area contributed by atoms with Crippen LogP contribution >= 0.6 is 0 Å². The molecule has 0 unspecified atom stereocenters. The maximum atomic E-state index is 7.26. The Kier molecular flexibility index (Phi) is 3.43. The van der Waals surface area contributed by atoms with Gasteiger partial charge in [-0.1, -0.05) is 6.07 Å². The molecule has 0 aliphatic carbocycles. The van der Waals surface area contributed by atoms with E-state index < -0.39 is 0 Å². The van der Waals surface area contributed by atoms with Gasteiger partial charge in [-0.05, 0) is 18.2 Å². The fraction of sp³-hybridized carbons (Fsp3) is 0.0769. The summed E-state index contributed by atoms with van der Waals surface area (Å²) in [6, 6.07) is 10.6. The van der Waals surface area contributed by atoms with Gasteiger partial charge in [0, 0.05) is 23.9 Å². The first-order valence-electron chi connectivity index (χ1n) is 5.31. The Morgan fingerprint density at radius 3 is 2.61 bits per heavy atom. The first kappa shape index (κ1) is 11.9. The molecule has 0 radical (unpaired) electrons. The van der Waals surface area contributed by atoms with Crippen LogP contribution in [0.5, 0.6) is 17.4 Å². The van der Waals surface area contributed by atoms with E-state index in [4.69, 9.17) is 20.6 Å². The first-order valence-corrected chi connectivity index (χ1v) is 5.31. The highest BCUT2D eigenvalue weighted by Gasteiger charge is 2.02. The molecule has 1 heterocycles. The van der Waals surface area contributed by atoms with Crippen LogP contribution < -0.4 is 15.2 Å². The summed E-state index contributed by atoms with van der Waals surface area (Å²) in [5, 5.41) is 7.26. The minimum atomic E-state index is -0.0181. The molecule has 0 saturated carbocycles. The molecule has 0 spiro atoms. The molecule has 92 valence electrons. The molecule has 0 fully saturated rings. The van der Waals surface area contributed by atoms with Gasteiger partial charge in [0.15, 0.2) is 0 Å². The van der Waals surface area contributed by atoms with Crippen LogP contribution in [-0.2, 0) is 0 Å². The second-order valence-electron chi connectivity index (χ2n) is 3.58. The highest BCUT2D eigenvalue weighted by atomic mass is 16.5. The standard InChI is InChI=1S/C13H13N3O2/c1-17-10-3-2-4-11(7-10)18-12-6-5-9(8-16-12)13(14)15/h2-8H,1H3,(H3,14,15).